The molecule has 0 rings (SSSR count). The van der Waals surface area contributed by atoms with Crippen molar-refractivity contribution in [1.82, 2.24) is 0 Å². The molecule has 0 radical (unpaired) electrons. The molecule has 374 valence electrons. The smallest absolute Gasteiger partial charge is 0.192 e. The maximum absolute atomic E-state index is 13.9. The lowest BCUT2D eigenvalue weighted by Gasteiger charge is -2.47. The van der Waals surface area contributed by atoms with Crippen LogP contribution in [0.15, 0.2) is 0 Å². The van der Waals surface area contributed by atoms with Crippen LogP contribution in [0.1, 0.15) is 0 Å². The molecule has 0 atom stereocenters. The zero-order valence-corrected chi connectivity index (χ0v) is 27.5. The molecule has 0 aromatic rings. The highest BCUT2D eigenvalue weighted by atomic mass is 79.9. The second-order valence-electron chi connectivity index (χ2n) is 11.3. The fraction of sp³-hybridized carbons (Fsp3) is 1.00. The zero-order chi connectivity index (χ0) is 52.0. The predicted octanol–water partition coefficient (Wildman–Crippen LogP) is 14.0. The van der Waals surface area contributed by atoms with Gasteiger partial charge in [-0.1, -0.05) is 0 Å². The van der Waals surface area contributed by atoms with Crippen molar-refractivity contribution in [3.63, 3.8) is 0 Å². The second-order valence-corrected chi connectivity index (χ2v) is 12.3. The SMILES string of the molecule is FC(F)(F)C(F)(F)C(F)(F)C(F)(F)C(F)(F)C(F)(F)C(F)(F)C(F)(F)C(F)(F)C(F)(F)C(F)(F)C(F)(F)C(F)(F)C(F)(F)C(F)(F)C(F)(F)C(F)(F)C(F)(F)C(F)(F)C(F)(F)Br. The van der Waals surface area contributed by atoms with Gasteiger partial charge in [0.25, 0.3) is 0 Å². The number of alkyl halides is 42. The zero-order valence-electron chi connectivity index (χ0n) is 25.9. The van der Waals surface area contributed by atoms with E-state index >= 15 is 0 Å². The van der Waals surface area contributed by atoms with Gasteiger partial charge in [-0.25, -0.2) is 0 Å². The minimum atomic E-state index is -10.6. The molecule has 0 spiro atoms. The van der Waals surface area contributed by atoms with Gasteiger partial charge in [0.05, 0.1) is 0 Å². The third kappa shape index (κ3) is 6.49. The lowest BCUT2D eigenvalue weighted by atomic mass is 9.82. The van der Waals surface area contributed by atoms with Crippen molar-refractivity contribution < 1.29 is 180 Å². The van der Waals surface area contributed by atoms with E-state index in [2.05, 4.69) is 0 Å². The van der Waals surface area contributed by atoms with Gasteiger partial charge in [0.2, 0.25) is 0 Å². The van der Waals surface area contributed by atoms with Crippen LogP contribution < -0.4 is 0 Å². The molecule has 0 fully saturated rings. The van der Waals surface area contributed by atoms with Gasteiger partial charge in [0.1, 0.15) is 0 Å². The quantitative estimate of drug-likeness (QED) is 0.0948. The number of halogens is 42. The summed E-state index contributed by atoms with van der Waals surface area (Å²) in [6.45, 7) is 0. The first-order chi connectivity index (χ1) is 25.8. The normalized spacial score (nSPS) is 17.5. The van der Waals surface area contributed by atoms with E-state index in [4.69, 9.17) is 0 Å². The van der Waals surface area contributed by atoms with E-state index in [0.717, 1.165) is 0 Å². The Labute approximate surface area is 314 Å². The lowest BCUT2D eigenvalue weighted by molar-refractivity contribution is -0.495. The minimum absolute atomic E-state index is 0.0434. The van der Waals surface area contributed by atoms with Crippen molar-refractivity contribution in [2.75, 3.05) is 0 Å². The first kappa shape index (κ1) is 59.6. The van der Waals surface area contributed by atoms with Crippen LogP contribution >= 0.6 is 15.9 Å². The molecule has 0 aliphatic heterocycles. The standard InChI is InChI=1S/C20BrF41/c21-19(58,59)17(54,55)15(50,51)13(46,47)11(42,43)9(38,39)7(34,35)5(30,31)3(26,27)1(22,23)2(24,25)4(28,29)6(32,33)8(36,37)10(40,41)12(44,45)14(48,49)16(52,53)18(56,57)20(60,61)62. The van der Waals surface area contributed by atoms with Crippen LogP contribution in [-0.2, 0) is 0 Å². The number of hydrogen-bond acceptors (Lipinski definition) is 0. The van der Waals surface area contributed by atoms with Crippen LogP contribution in [-0.4, -0.2) is 118 Å². The molecule has 0 N–H and O–H groups in total. The van der Waals surface area contributed by atoms with Gasteiger partial charge in [0.15, 0.2) is 0 Å². The van der Waals surface area contributed by atoms with Crippen LogP contribution in [0.4, 0.5) is 180 Å². The highest BCUT2D eigenvalue weighted by Gasteiger charge is 3.03. The summed E-state index contributed by atoms with van der Waals surface area (Å²) in [4.78, 5) is -7.22. The Kier molecular flexibility index (Phi) is 13.5. The molecule has 0 amide bonds. The van der Waals surface area contributed by atoms with Crippen molar-refractivity contribution in [2.24, 2.45) is 0 Å². The second kappa shape index (κ2) is 14.1. The molecule has 0 unspecified atom stereocenters. The summed E-state index contributed by atoms with van der Waals surface area (Å²) in [7, 11) is 0. The van der Waals surface area contributed by atoms with Crippen LogP contribution in [0.2, 0.25) is 0 Å². The molecule has 0 saturated heterocycles. The van der Waals surface area contributed by atoms with Crippen molar-refractivity contribution in [3.05, 3.63) is 0 Å². The highest BCUT2D eigenvalue weighted by Crippen LogP contribution is 2.71. The van der Waals surface area contributed by atoms with Crippen LogP contribution in [0.3, 0.4) is 0 Å². The fourth-order valence-corrected chi connectivity index (χ4v) is 3.76. The van der Waals surface area contributed by atoms with Crippen molar-refractivity contribution in [2.45, 2.75) is 118 Å². The molecular weight excluding hydrogens is 1100 g/mol. The lowest BCUT2D eigenvalue weighted by Crippen LogP contribution is -2.80. The molecule has 0 aliphatic rings. The summed E-state index contributed by atoms with van der Waals surface area (Å²) in [5.74, 6) is -181. The molecule has 62 heavy (non-hydrogen) atoms. The summed E-state index contributed by atoms with van der Waals surface area (Å²) in [5.41, 5.74) is 0. The summed E-state index contributed by atoms with van der Waals surface area (Å²) < 4.78 is 552. The Morgan fingerprint density at radius 1 is 0.129 bits per heavy atom. The monoisotopic (exact) mass is 1100 g/mol. The van der Waals surface area contributed by atoms with Crippen molar-refractivity contribution >= 4 is 15.9 Å². The maximum atomic E-state index is 13.9. The van der Waals surface area contributed by atoms with Gasteiger partial charge in [-0.15, -0.1) is 0 Å². The molecule has 0 nitrogen and oxygen atoms in total. The highest BCUT2D eigenvalue weighted by molar-refractivity contribution is 9.10. The third-order valence-electron chi connectivity index (χ3n) is 7.42. The number of hydrogen-bond donors (Lipinski definition) is 0. The van der Waals surface area contributed by atoms with E-state index in [1.807, 2.05) is 0 Å². The van der Waals surface area contributed by atoms with Gasteiger partial charge < -0.3 is 0 Å². The van der Waals surface area contributed by atoms with E-state index in [1.54, 1.807) is 0 Å². The Balaban J connectivity index is 7.98. The number of rotatable bonds is 18. The summed E-state index contributed by atoms with van der Waals surface area (Å²) in [6, 6.07) is 0. The molecular formula is C20BrF41. The van der Waals surface area contributed by atoms with Gasteiger partial charge in [-0.05, 0) is 15.9 Å². The van der Waals surface area contributed by atoms with E-state index < -0.39 is 118 Å². The van der Waals surface area contributed by atoms with Gasteiger partial charge in [-0.3, -0.25) is 0 Å². The third-order valence-corrected chi connectivity index (χ3v) is 7.91. The summed E-state index contributed by atoms with van der Waals surface area (Å²) in [5, 5.41) is 0. The van der Waals surface area contributed by atoms with E-state index in [1.165, 1.54) is 0 Å². The maximum Gasteiger partial charge on any atom is 0.460 e. The Morgan fingerprint density at radius 2 is 0.210 bits per heavy atom. The predicted molar refractivity (Wildman–Crippen MR) is 109 cm³/mol. The fourth-order valence-electron chi connectivity index (χ4n) is 3.51. The average Bonchev–Trinajstić information content (AvgIpc) is 3.01. The molecule has 0 aromatic heterocycles. The van der Waals surface area contributed by atoms with Crippen molar-refractivity contribution in [3.8, 4) is 0 Å². The van der Waals surface area contributed by atoms with Gasteiger partial charge >= 0.3 is 118 Å². The topological polar surface area (TPSA) is 0 Å². The average molecular weight is 1100 g/mol. The Bertz CT molecular complexity index is 1510. The molecule has 0 aliphatic carbocycles. The van der Waals surface area contributed by atoms with Gasteiger partial charge in [0, 0.05) is 0 Å². The molecule has 0 heterocycles. The summed E-state index contributed by atoms with van der Waals surface area (Å²) >= 11 is -0.0434. The molecule has 42 heteroatoms. The van der Waals surface area contributed by atoms with Gasteiger partial charge in [-0.2, -0.15) is 180 Å². The molecule has 0 bridgehead atoms. The minimum Gasteiger partial charge on any atom is -0.192 e. The van der Waals surface area contributed by atoms with Crippen LogP contribution in [0.25, 0.3) is 0 Å². The summed E-state index contributed by atoms with van der Waals surface area (Å²) in [6.07, 6.45) is -8.52. The van der Waals surface area contributed by atoms with Crippen molar-refractivity contribution in [1.29, 1.82) is 0 Å². The first-order valence-electron chi connectivity index (χ1n) is 12.7. The van der Waals surface area contributed by atoms with E-state index in [9.17, 15) is 180 Å². The van der Waals surface area contributed by atoms with E-state index in [-0.39, 0.29) is 15.9 Å². The molecule has 0 saturated carbocycles. The van der Waals surface area contributed by atoms with E-state index in [0.29, 0.717) is 0 Å². The Hall–Kier alpha value is -2.39. The van der Waals surface area contributed by atoms with Crippen LogP contribution in [0, 0.1) is 0 Å². The molecule has 0 aromatic carbocycles. The Morgan fingerprint density at radius 3 is 0.290 bits per heavy atom. The first-order valence-corrected chi connectivity index (χ1v) is 13.5. The largest absolute Gasteiger partial charge is 0.460 e. The van der Waals surface area contributed by atoms with Crippen LogP contribution in [0.5, 0.6) is 0 Å².